The Balaban J connectivity index is 2.34. The summed E-state index contributed by atoms with van der Waals surface area (Å²) in [4.78, 5) is 31.7. The molecule has 3 rings (SSSR count). The summed E-state index contributed by atoms with van der Waals surface area (Å²) in [5.41, 5.74) is -2.81. The molecule has 27 heavy (non-hydrogen) atoms. The third-order valence-corrected chi connectivity index (χ3v) is 4.48. The van der Waals surface area contributed by atoms with E-state index in [0.29, 0.717) is 11.3 Å². The van der Waals surface area contributed by atoms with Gasteiger partial charge >= 0.3 is 12.1 Å². The Bertz CT molecular complexity index is 1110. The van der Waals surface area contributed by atoms with E-state index >= 15 is 0 Å². The lowest BCUT2D eigenvalue weighted by molar-refractivity contribution is -0.140. The minimum absolute atomic E-state index is 0.0426. The molecule has 0 radical (unpaired) electrons. The van der Waals surface area contributed by atoms with E-state index in [1.165, 1.54) is 6.92 Å². The molecule has 0 bridgehead atoms. The molecule has 0 saturated heterocycles. The molecule has 0 aliphatic heterocycles. The van der Waals surface area contributed by atoms with Crippen LogP contribution in [0.5, 0.6) is 0 Å². The van der Waals surface area contributed by atoms with Crippen LogP contribution in [0.25, 0.3) is 16.2 Å². The first-order chi connectivity index (χ1) is 12.6. The molecule has 3 aromatic rings. The first kappa shape index (κ1) is 19.2. The maximum Gasteiger partial charge on any atom is 0.434 e. The molecular weight excluding hydrogens is 414 g/mol. The fourth-order valence-corrected chi connectivity index (χ4v) is 3.15. The van der Waals surface area contributed by atoms with Crippen molar-refractivity contribution in [1.29, 1.82) is 0 Å². The maximum absolute atomic E-state index is 13.8. The zero-order chi connectivity index (χ0) is 19.9. The van der Waals surface area contributed by atoms with Gasteiger partial charge in [0.2, 0.25) is 5.43 Å². The highest BCUT2D eigenvalue weighted by Gasteiger charge is 2.34. The largest absolute Gasteiger partial charge is 0.462 e. The molecule has 0 aliphatic rings. The summed E-state index contributed by atoms with van der Waals surface area (Å²) in [6.07, 6.45) is -3.74. The van der Waals surface area contributed by atoms with Gasteiger partial charge in [0.05, 0.1) is 12.0 Å². The van der Waals surface area contributed by atoms with Gasteiger partial charge in [-0.1, -0.05) is 11.6 Å². The van der Waals surface area contributed by atoms with Crippen LogP contribution in [0, 0.1) is 5.82 Å². The van der Waals surface area contributed by atoms with Gasteiger partial charge in [-0.15, -0.1) is 11.3 Å². The zero-order valence-corrected chi connectivity index (χ0v) is 14.9. The molecule has 0 aromatic carbocycles. The summed E-state index contributed by atoms with van der Waals surface area (Å²) in [6, 6.07) is 0.754. The van der Waals surface area contributed by atoms with Gasteiger partial charge in [-0.25, -0.2) is 19.2 Å². The van der Waals surface area contributed by atoms with Crippen LogP contribution < -0.4 is 5.43 Å². The molecule has 142 valence electrons. The molecule has 0 spiro atoms. The summed E-state index contributed by atoms with van der Waals surface area (Å²) in [5, 5.41) is -0.430. The highest BCUT2D eigenvalue weighted by atomic mass is 35.5. The number of nitrogens with zero attached hydrogens (tertiary/aromatic N) is 3. The summed E-state index contributed by atoms with van der Waals surface area (Å²) >= 11 is 6.23. The summed E-state index contributed by atoms with van der Waals surface area (Å²) < 4.78 is 58.1. The predicted molar refractivity (Wildman–Crippen MR) is 88.9 cm³/mol. The monoisotopic (exact) mass is 421 g/mol. The molecule has 0 unspecified atom stereocenters. The topological polar surface area (TPSA) is 74.1 Å². The van der Waals surface area contributed by atoms with Crippen molar-refractivity contribution in [3.63, 3.8) is 0 Å². The number of esters is 1. The van der Waals surface area contributed by atoms with Crippen LogP contribution in [0.2, 0.25) is 5.15 Å². The van der Waals surface area contributed by atoms with Crippen molar-refractivity contribution in [1.82, 2.24) is 14.5 Å². The lowest BCUT2D eigenvalue weighted by atomic mass is 10.2. The standard InChI is InChI=1S/C15H8ClF4N3O3S/c1-2-26-13(25)7-4-23(14-21-9(5-27-14)15(18,19)20)12-6(10(7)24)3-8(17)11(16)22-12/h3-5H,2H2,1H3. The first-order valence-corrected chi connectivity index (χ1v) is 8.51. The quantitative estimate of drug-likeness (QED) is 0.365. The van der Waals surface area contributed by atoms with Gasteiger partial charge in [0.1, 0.15) is 5.56 Å². The maximum atomic E-state index is 13.8. The molecule has 3 aromatic heterocycles. The number of pyridine rings is 2. The normalized spacial score (nSPS) is 11.8. The van der Waals surface area contributed by atoms with Crippen LogP contribution in [0.1, 0.15) is 23.0 Å². The summed E-state index contributed by atoms with van der Waals surface area (Å²) in [6.45, 7) is 1.47. The Morgan fingerprint density at radius 3 is 2.67 bits per heavy atom. The molecule has 6 nitrogen and oxygen atoms in total. The minimum Gasteiger partial charge on any atom is -0.462 e. The highest BCUT2D eigenvalue weighted by molar-refractivity contribution is 7.12. The number of fused-ring (bicyclic) bond motifs is 1. The average molecular weight is 422 g/mol. The fraction of sp³-hybridized carbons (Fsp3) is 0.200. The van der Waals surface area contributed by atoms with Crippen molar-refractivity contribution in [3.05, 3.63) is 50.1 Å². The van der Waals surface area contributed by atoms with E-state index in [2.05, 4.69) is 9.97 Å². The van der Waals surface area contributed by atoms with Crippen LogP contribution in [0.4, 0.5) is 17.6 Å². The Hall–Kier alpha value is -2.53. The molecule has 0 saturated carbocycles. The van der Waals surface area contributed by atoms with E-state index in [1.807, 2.05) is 0 Å². The number of carbonyl (C=O) groups excluding carboxylic acids is 1. The van der Waals surface area contributed by atoms with Crippen molar-refractivity contribution < 1.29 is 27.1 Å². The van der Waals surface area contributed by atoms with Gasteiger partial charge in [0, 0.05) is 11.6 Å². The third-order valence-electron chi connectivity index (χ3n) is 3.37. The van der Waals surface area contributed by atoms with Crippen molar-refractivity contribution in [2.45, 2.75) is 13.1 Å². The predicted octanol–water partition coefficient (Wildman–Crippen LogP) is 3.83. The molecule has 3 heterocycles. The van der Waals surface area contributed by atoms with Crippen LogP contribution in [-0.4, -0.2) is 27.1 Å². The Morgan fingerprint density at radius 2 is 2.07 bits per heavy atom. The van der Waals surface area contributed by atoms with Gasteiger partial charge in [0.25, 0.3) is 0 Å². The lowest BCUT2D eigenvalue weighted by Crippen LogP contribution is -2.21. The van der Waals surface area contributed by atoms with Crippen molar-refractivity contribution in [2.24, 2.45) is 0 Å². The van der Waals surface area contributed by atoms with E-state index in [1.54, 1.807) is 0 Å². The molecule has 0 fully saturated rings. The van der Waals surface area contributed by atoms with Gasteiger partial charge in [-0.3, -0.25) is 9.36 Å². The van der Waals surface area contributed by atoms with Gasteiger partial charge in [-0.05, 0) is 13.0 Å². The van der Waals surface area contributed by atoms with Crippen LogP contribution in [0.15, 0.2) is 22.4 Å². The minimum atomic E-state index is -4.69. The highest BCUT2D eigenvalue weighted by Crippen LogP contribution is 2.32. The van der Waals surface area contributed by atoms with E-state index in [9.17, 15) is 27.2 Å². The van der Waals surface area contributed by atoms with Gasteiger partial charge < -0.3 is 4.74 Å². The summed E-state index contributed by atoms with van der Waals surface area (Å²) in [7, 11) is 0. The second-order valence-corrected chi connectivity index (χ2v) is 6.30. The Morgan fingerprint density at radius 1 is 1.37 bits per heavy atom. The SMILES string of the molecule is CCOC(=O)c1cn(-c2nc(C(F)(F)F)cs2)c2nc(Cl)c(F)cc2c1=O. The smallest absolute Gasteiger partial charge is 0.434 e. The molecule has 0 aliphatic carbocycles. The van der Waals surface area contributed by atoms with Crippen LogP contribution >= 0.6 is 22.9 Å². The Kier molecular flexibility index (Phi) is 4.91. The molecule has 0 amide bonds. The fourth-order valence-electron chi connectivity index (χ4n) is 2.21. The number of halogens is 5. The molecular formula is C15H8ClF4N3O3S. The van der Waals surface area contributed by atoms with E-state index in [0.717, 1.165) is 22.2 Å². The molecule has 0 atom stereocenters. The van der Waals surface area contributed by atoms with Crippen molar-refractivity contribution in [2.75, 3.05) is 6.61 Å². The van der Waals surface area contributed by atoms with Crippen LogP contribution in [0.3, 0.4) is 0 Å². The average Bonchev–Trinajstić information content (AvgIpc) is 3.07. The second kappa shape index (κ2) is 6.89. The van der Waals surface area contributed by atoms with Gasteiger partial charge in [-0.2, -0.15) is 13.2 Å². The Labute approximate surface area is 157 Å². The zero-order valence-electron chi connectivity index (χ0n) is 13.3. The lowest BCUT2D eigenvalue weighted by Gasteiger charge is -2.10. The second-order valence-electron chi connectivity index (χ2n) is 5.11. The third kappa shape index (κ3) is 3.52. The van der Waals surface area contributed by atoms with Gasteiger partial charge in [0.15, 0.2) is 27.4 Å². The molecule has 0 N–H and O–H groups in total. The number of rotatable bonds is 3. The molecule has 12 heteroatoms. The number of aromatic nitrogens is 3. The number of alkyl halides is 3. The van der Waals surface area contributed by atoms with E-state index in [-0.39, 0.29) is 22.8 Å². The number of thiazole rings is 1. The number of hydrogen-bond acceptors (Lipinski definition) is 6. The van der Waals surface area contributed by atoms with E-state index < -0.39 is 39.8 Å². The van der Waals surface area contributed by atoms with Crippen LogP contribution in [-0.2, 0) is 10.9 Å². The number of carbonyl (C=O) groups is 1. The van der Waals surface area contributed by atoms with Crippen molar-refractivity contribution >= 4 is 39.9 Å². The first-order valence-electron chi connectivity index (χ1n) is 7.25. The van der Waals surface area contributed by atoms with Crippen molar-refractivity contribution in [3.8, 4) is 5.13 Å². The number of hydrogen-bond donors (Lipinski definition) is 0. The number of ether oxygens (including phenoxy) is 1. The van der Waals surface area contributed by atoms with E-state index in [4.69, 9.17) is 16.3 Å². The summed E-state index contributed by atoms with van der Waals surface area (Å²) in [5.74, 6) is -2.04.